The molecule has 0 saturated heterocycles. The molecule has 0 bridgehead atoms. The largest absolute Gasteiger partial charge is 0.417 e. The number of hydrogen-bond acceptors (Lipinski definition) is 2. The molecule has 0 heterocycles. The minimum absolute atomic E-state index is 0.0443. The highest BCUT2D eigenvalue weighted by molar-refractivity contribution is 9.10. The molecule has 2 rings (SSSR count). The van der Waals surface area contributed by atoms with Crippen LogP contribution in [0, 0.1) is 11.3 Å². The van der Waals surface area contributed by atoms with Crippen molar-refractivity contribution in [2.75, 3.05) is 5.32 Å². The molecule has 0 aromatic heterocycles. The van der Waals surface area contributed by atoms with Crippen LogP contribution in [0.15, 0.2) is 40.9 Å². The average Bonchev–Trinajstić information content (AvgIpc) is 2.41. The molecule has 21 heavy (non-hydrogen) atoms. The summed E-state index contributed by atoms with van der Waals surface area (Å²) in [6.45, 7) is 0. The average molecular weight is 376 g/mol. The van der Waals surface area contributed by atoms with Crippen LogP contribution >= 0.6 is 27.5 Å². The van der Waals surface area contributed by atoms with Gasteiger partial charge in [0.25, 0.3) is 0 Å². The third-order valence-corrected chi connectivity index (χ3v) is 3.58. The van der Waals surface area contributed by atoms with Crippen molar-refractivity contribution in [1.29, 1.82) is 5.26 Å². The summed E-state index contributed by atoms with van der Waals surface area (Å²) in [6.07, 6.45) is -4.46. The zero-order chi connectivity index (χ0) is 15.6. The molecule has 7 heteroatoms. The lowest BCUT2D eigenvalue weighted by atomic mass is 10.1. The second-order valence-corrected chi connectivity index (χ2v) is 5.41. The van der Waals surface area contributed by atoms with Gasteiger partial charge in [-0.3, -0.25) is 0 Å². The molecule has 1 N–H and O–H groups in total. The molecule has 0 radical (unpaired) electrons. The van der Waals surface area contributed by atoms with Crippen molar-refractivity contribution in [3.63, 3.8) is 0 Å². The van der Waals surface area contributed by atoms with Gasteiger partial charge in [-0.2, -0.15) is 18.4 Å². The summed E-state index contributed by atoms with van der Waals surface area (Å²) in [5.74, 6) is 0. The maximum Gasteiger partial charge on any atom is 0.417 e. The maximum absolute atomic E-state index is 12.8. The van der Waals surface area contributed by atoms with E-state index in [0.717, 1.165) is 6.07 Å². The number of hydrogen-bond donors (Lipinski definition) is 1. The third kappa shape index (κ3) is 3.69. The standard InChI is InChI=1S/C14H7BrClF3N2/c15-12-3-2-10(6-11(12)14(17,18)19)21-13-4-1-9(16)5-8(13)7-20/h1-6,21H. The van der Waals surface area contributed by atoms with Gasteiger partial charge in [0.05, 0.1) is 16.8 Å². The number of nitrogens with zero attached hydrogens (tertiary/aromatic N) is 1. The fraction of sp³-hybridized carbons (Fsp3) is 0.0714. The van der Waals surface area contributed by atoms with Crippen LogP contribution in [0.2, 0.25) is 5.02 Å². The van der Waals surface area contributed by atoms with Gasteiger partial charge < -0.3 is 5.32 Å². The first kappa shape index (κ1) is 15.7. The smallest absolute Gasteiger partial charge is 0.354 e. The van der Waals surface area contributed by atoms with E-state index >= 15 is 0 Å². The quantitative estimate of drug-likeness (QED) is 0.727. The van der Waals surface area contributed by atoms with E-state index in [2.05, 4.69) is 21.2 Å². The Balaban J connectivity index is 2.40. The molecule has 0 saturated carbocycles. The van der Waals surface area contributed by atoms with Crippen molar-refractivity contribution >= 4 is 38.9 Å². The van der Waals surface area contributed by atoms with Crippen LogP contribution in [-0.4, -0.2) is 0 Å². The number of benzene rings is 2. The second-order valence-electron chi connectivity index (χ2n) is 4.12. The summed E-state index contributed by atoms with van der Waals surface area (Å²) in [6, 6.07) is 10.2. The van der Waals surface area contributed by atoms with Gasteiger partial charge in [-0.1, -0.05) is 27.5 Å². The Bertz CT molecular complexity index is 723. The minimum Gasteiger partial charge on any atom is -0.354 e. The van der Waals surface area contributed by atoms with Crippen LogP contribution in [-0.2, 0) is 6.18 Å². The number of nitriles is 1. The SMILES string of the molecule is N#Cc1cc(Cl)ccc1Nc1ccc(Br)c(C(F)(F)F)c1. The molecule has 0 fully saturated rings. The molecule has 0 atom stereocenters. The van der Waals surface area contributed by atoms with Crippen LogP contribution in [0.3, 0.4) is 0 Å². The first-order valence-electron chi connectivity index (χ1n) is 5.64. The molecule has 2 aromatic rings. The Kier molecular flexibility index (Phi) is 4.45. The Hall–Kier alpha value is -1.71. The molecule has 0 unspecified atom stereocenters. The van der Waals surface area contributed by atoms with Gasteiger partial charge in [-0.05, 0) is 36.4 Å². The van der Waals surface area contributed by atoms with Gasteiger partial charge in [-0.25, -0.2) is 0 Å². The lowest BCUT2D eigenvalue weighted by molar-refractivity contribution is -0.138. The van der Waals surface area contributed by atoms with E-state index in [1.165, 1.54) is 24.3 Å². The number of halogens is 5. The molecular formula is C14H7BrClF3N2. The first-order chi connectivity index (χ1) is 9.81. The Labute approximate surface area is 132 Å². The molecule has 2 aromatic carbocycles. The summed E-state index contributed by atoms with van der Waals surface area (Å²) >= 11 is 8.64. The van der Waals surface area contributed by atoms with Crippen molar-refractivity contribution in [3.05, 3.63) is 57.0 Å². The van der Waals surface area contributed by atoms with Gasteiger partial charge in [0.2, 0.25) is 0 Å². The normalized spacial score (nSPS) is 11.0. The topological polar surface area (TPSA) is 35.8 Å². The summed E-state index contributed by atoms with van der Waals surface area (Å²) in [7, 11) is 0. The third-order valence-electron chi connectivity index (χ3n) is 2.65. The highest BCUT2D eigenvalue weighted by Crippen LogP contribution is 2.37. The van der Waals surface area contributed by atoms with Crippen molar-refractivity contribution in [1.82, 2.24) is 0 Å². The summed E-state index contributed by atoms with van der Waals surface area (Å²) in [5.41, 5.74) is 0.0700. The number of nitrogens with one attached hydrogen (secondary N) is 1. The summed E-state index contributed by atoms with van der Waals surface area (Å²) in [5, 5.41) is 12.2. The molecule has 0 amide bonds. The van der Waals surface area contributed by atoms with Gasteiger partial charge in [0, 0.05) is 15.2 Å². The van der Waals surface area contributed by atoms with E-state index in [-0.39, 0.29) is 15.7 Å². The summed E-state index contributed by atoms with van der Waals surface area (Å²) < 4.78 is 38.5. The molecule has 0 spiro atoms. The first-order valence-corrected chi connectivity index (χ1v) is 6.82. The van der Waals surface area contributed by atoms with Gasteiger partial charge in [0.1, 0.15) is 6.07 Å². The van der Waals surface area contributed by atoms with Crippen LogP contribution in [0.5, 0.6) is 0 Å². The van der Waals surface area contributed by atoms with E-state index in [1.807, 2.05) is 6.07 Å². The van der Waals surface area contributed by atoms with Crippen LogP contribution in [0.4, 0.5) is 24.5 Å². The Morgan fingerprint density at radius 3 is 2.48 bits per heavy atom. The highest BCUT2D eigenvalue weighted by atomic mass is 79.9. The monoisotopic (exact) mass is 374 g/mol. The van der Waals surface area contributed by atoms with E-state index in [4.69, 9.17) is 16.9 Å². The van der Waals surface area contributed by atoms with Crippen molar-refractivity contribution in [2.24, 2.45) is 0 Å². The van der Waals surface area contributed by atoms with E-state index in [0.29, 0.717) is 10.7 Å². The lowest BCUT2D eigenvalue weighted by Gasteiger charge is -2.13. The van der Waals surface area contributed by atoms with Gasteiger partial charge in [0.15, 0.2) is 0 Å². The van der Waals surface area contributed by atoms with Gasteiger partial charge >= 0.3 is 6.18 Å². The van der Waals surface area contributed by atoms with E-state index < -0.39 is 11.7 Å². The maximum atomic E-state index is 12.8. The van der Waals surface area contributed by atoms with E-state index in [9.17, 15) is 13.2 Å². The molecule has 108 valence electrons. The van der Waals surface area contributed by atoms with Crippen molar-refractivity contribution in [3.8, 4) is 6.07 Å². The number of anilines is 2. The Morgan fingerprint density at radius 1 is 1.14 bits per heavy atom. The predicted octanol–water partition coefficient (Wildman–Crippen LogP) is 5.74. The molecule has 0 aliphatic rings. The molecule has 0 aliphatic carbocycles. The van der Waals surface area contributed by atoms with Crippen LogP contribution < -0.4 is 5.32 Å². The van der Waals surface area contributed by atoms with E-state index in [1.54, 1.807) is 6.07 Å². The fourth-order valence-corrected chi connectivity index (χ4v) is 2.34. The second kappa shape index (κ2) is 5.96. The zero-order valence-electron chi connectivity index (χ0n) is 10.3. The predicted molar refractivity (Wildman–Crippen MR) is 78.6 cm³/mol. The molecule has 0 aliphatic heterocycles. The van der Waals surface area contributed by atoms with Crippen LogP contribution in [0.25, 0.3) is 0 Å². The lowest BCUT2D eigenvalue weighted by Crippen LogP contribution is -2.06. The van der Waals surface area contributed by atoms with Crippen molar-refractivity contribution < 1.29 is 13.2 Å². The Morgan fingerprint density at radius 2 is 1.86 bits per heavy atom. The van der Waals surface area contributed by atoms with Gasteiger partial charge in [-0.15, -0.1) is 0 Å². The number of alkyl halides is 3. The zero-order valence-corrected chi connectivity index (χ0v) is 12.6. The fourth-order valence-electron chi connectivity index (χ4n) is 1.69. The van der Waals surface area contributed by atoms with Crippen molar-refractivity contribution in [2.45, 2.75) is 6.18 Å². The minimum atomic E-state index is -4.46. The highest BCUT2D eigenvalue weighted by Gasteiger charge is 2.33. The molecular weight excluding hydrogens is 369 g/mol. The summed E-state index contributed by atoms with van der Waals surface area (Å²) in [4.78, 5) is 0. The van der Waals surface area contributed by atoms with Crippen LogP contribution in [0.1, 0.15) is 11.1 Å². The number of rotatable bonds is 2. The molecule has 2 nitrogen and oxygen atoms in total.